The molecule has 88 valence electrons. The van der Waals surface area contributed by atoms with Gasteiger partial charge >= 0.3 is 5.97 Å². The van der Waals surface area contributed by atoms with Crippen LogP contribution in [0.5, 0.6) is 0 Å². The van der Waals surface area contributed by atoms with Crippen molar-refractivity contribution in [3.05, 3.63) is 29.3 Å². The molecule has 1 aromatic rings. The minimum atomic E-state index is -0.915. The molecule has 0 bridgehead atoms. The quantitative estimate of drug-likeness (QED) is 0.812. The molecule has 0 fully saturated rings. The SMILES string of the molecule is Cc1cc(N(C)C(C)CO)ccc1C(=O)O. The molecule has 1 aromatic carbocycles. The first kappa shape index (κ1) is 12.5. The van der Waals surface area contributed by atoms with E-state index in [1.165, 1.54) is 0 Å². The molecule has 0 aliphatic carbocycles. The maximum absolute atomic E-state index is 10.8. The highest BCUT2D eigenvalue weighted by molar-refractivity contribution is 5.89. The number of benzene rings is 1. The molecule has 0 saturated carbocycles. The van der Waals surface area contributed by atoms with Crippen LogP contribution in [0.4, 0.5) is 5.69 Å². The summed E-state index contributed by atoms with van der Waals surface area (Å²) in [6.07, 6.45) is 0. The summed E-state index contributed by atoms with van der Waals surface area (Å²) in [4.78, 5) is 12.8. The Morgan fingerprint density at radius 2 is 2.12 bits per heavy atom. The summed E-state index contributed by atoms with van der Waals surface area (Å²) in [6.45, 7) is 3.74. The Morgan fingerprint density at radius 1 is 1.50 bits per heavy atom. The first-order valence-corrected chi connectivity index (χ1v) is 5.15. The monoisotopic (exact) mass is 223 g/mol. The van der Waals surface area contributed by atoms with E-state index in [0.717, 1.165) is 11.3 Å². The molecular formula is C12H17NO3. The molecule has 2 N–H and O–H groups in total. The maximum atomic E-state index is 10.8. The zero-order chi connectivity index (χ0) is 12.3. The van der Waals surface area contributed by atoms with Gasteiger partial charge in [-0.15, -0.1) is 0 Å². The van der Waals surface area contributed by atoms with Gasteiger partial charge in [-0.05, 0) is 37.6 Å². The number of carbonyl (C=O) groups is 1. The van der Waals surface area contributed by atoms with Crippen molar-refractivity contribution in [1.29, 1.82) is 0 Å². The minimum absolute atomic E-state index is 0.00933. The number of likely N-dealkylation sites (N-methyl/N-ethyl adjacent to an activating group) is 1. The van der Waals surface area contributed by atoms with E-state index in [4.69, 9.17) is 10.2 Å². The predicted molar refractivity (Wildman–Crippen MR) is 63.1 cm³/mol. The van der Waals surface area contributed by atoms with Gasteiger partial charge in [-0.3, -0.25) is 0 Å². The van der Waals surface area contributed by atoms with Crippen LogP contribution in [-0.4, -0.2) is 35.9 Å². The van der Waals surface area contributed by atoms with E-state index in [-0.39, 0.29) is 12.6 Å². The number of carboxylic acid groups (broad SMARTS) is 1. The van der Waals surface area contributed by atoms with Crippen LogP contribution in [-0.2, 0) is 0 Å². The van der Waals surface area contributed by atoms with E-state index in [1.807, 2.05) is 24.9 Å². The van der Waals surface area contributed by atoms with Gasteiger partial charge in [0.05, 0.1) is 12.2 Å². The Hall–Kier alpha value is -1.55. The molecule has 1 unspecified atom stereocenters. The van der Waals surface area contributed by atoms with Crippen molar-refractivity contribution >= 4 is 11.7 Å². The second-order valence-corrected chi connectivity index (χ2v) is 3.95. The topological polar surface area (TPSA) is 60.8 Å². The van der Waals surface area contributed by atoms with Gasteiger partial charge in [0.2, 0.25) is 0 Å². The lowest BCUT2D eigenvalue weighted by atomic mass is 10.1. The smallest absolute Gasteiger partial charge is 0.335 e. The molecule has 1 rings (SSSR count). The van der Waals surface area contributed by atoms with E-state index in [1.54, 1.807) is 19.1 Å². The summed E-state index contributed by atoms with van der Waals surface area (Å²) in [5.74, 6) is -0.915. The molecule has 0 aliphatic heterocycles. The number of aromatic carboxylic acids is 1. The van der Waals surface area contributed by atoms with Gasteiger partial charge in [-0.2, -0.15) is 0 Å². The third kappa shape index (κ3) is 2.52. The zero-order valence-corrected chi connectivity index (χ0v) is 9.77. The summed E-state index contributed by atoms with van der Waals surface area (Å²) in [7, 11) is 1.87. The number of nitrogens with zero attached hydrogens (tertiary/aromatic N) is 1. The lowest BCUT2D eigenvalue weighted by Gasteiger charge is -2.25. The number of aryl methyl sites for hydroxylation is 1. The Bertz CT molecular complexity index is 390. The van der Waals surface area contributed by atoms with Crippen molar-refractivity contribution in [2.75, 3.05) is 18.6 Å². The second kappa shape index (κ2) is 4.99. The molecule has 0 saturated heterocycles. The van der Waals surface area contributed by atoms with Crippen LogP contribution >= 0.6 is 0 Å². The van der Waals surface area contributed by atoms with Gasteiger partial charge in [0.15, 0.2) is 0 Å². The van der Waals surface area contributed by atoms with Gasteiger partial charge < -0.3 is 15.1 Å². The normalized spacial score (nSPS) is 12.2. The molecule has 0 heterocycles. The molecule has 16 heavy (non-hydrogen) atoms. The molecule has 0 radical (unpaired) electrons. The zero-order valence-electron chi connectivity index (χ0n) is 9.77. The largest absolute Gasteiger partial charge is 0.478 e. The molecular weight excluding hydrogens is 206 g/mol. The number of aliphatic hydroxyl groups is 1. The standard InChI is InChI=1S/C12H17NO3/c1-8-6-10(13(3)9(2)7-14)4-5-11(8)12(15)16/h4-6,9,14H,7H2,1-3H3,(H,15,16). The van der Waals surface area contributed by atoms with Crippen LogP contribution in [0.1, 0.15) is 22.8 Å². The van der Waals surface area contributed by atoms with Crippen LogP contribution in [0.15, 0.2) is 18.2 Å². The van der Waals surface area contributed by atoms with Crippen LogP contribution in [0.3, 0.4) is 0 Å². The second-order valence-electron chi connectivity index (χ2n) is 3.95. The number of hydrogen-bond acceptors (Lipinski definition) is 3. The molecule has 0 amide bonds. The molecule has 0 aromatic heterocycles. The van der Waals surface area contributed by atoms with E-state index in [0.29, 0.717) is 5.56 Å². The fourth-order valence-corrected chi connectivity index (χ4v) is 1.48. The lowest BCUT2D eigenvalue weighted by Crippen LogP contribution is -2.31. The van der Waals surface area contributed by atoms with Crippen molar-refractivity contribution in [3.8, 4) is 0 Å². The van der Waals surface area contributed by atoms with E-state index in [9.17, 15) is 4.79 Å². The van der Waals surface area contributed by atoms with Crippen molar-refractivity contribution in [2.24, 2.45) is 0 Å². The third-order valence-electron chi connectivity index (χ3n) is 2.77. The highest BCUT2D eigenvalue weighted by Gasteiger charge is 2.12. The Balaban J connectivity index is 3.01. The minimum Gasteiger partial charge on any atom is -0.478 e. The average molecular weight is 223 g/mol. The van der Waals surface area contributed by atoms with Crippen molar-refractivity contribution in [1.82, 2.24) is 0 Å². The lowest BCUT2D eigenvalue weighted by molar-refractivity contribution is 0.0696. The van der Waals surface area contributed by atoms with E-state index < -0.39 is 5.97 Å². The predicted octanol–water partition coefficient (Wildman–Crippen LogP) is 1.51. The number of rotatable bonds is 4. The van der Waals surface area contributed by atoms with Gasteiger partial charge in [-0.1, -0.05) is 0 Å². The highest BCUT2D eigenvalue weighted by Crippen LogP contribution is 2.19. The number of hydrogen-bond donors (Lipinski definition) is 2. The maximum Gasteiger partial charge on any atom is 0.335 e. The summed E-state index contributed by atoms with van der Waals surface area (Å²) in [5, 5.41) is 17.9. The number of anilines is 1. The van der Waals surface area contributed by atoms with Crippen LogP contribution < -0.4 is 4.90 Å². The van der Waals surface area contributed by atoms with Gasteiger partial charge in [0, 0.05) is 18.8 Å². The van der Waals surface area contributed by atoms with Gasteiger partial charge in [-0.25, -0.2) is 4.79 Å². The fraction of sp³-hybridized carbons (Fsp3) is 0.417. The Labute approximate surface area is 95.1 Å². The molecule has 1 atom stereocenters. The van der Waals surface area contributed by atoms with Crippen LogP contribution in [0, 0.1) is 6.92 Å². The number of aliphatic hydroxyl groups excluding tert-OH is 1. The van der Waals surface area contributed by atoms with Gasteiger partial charge in [0.25, 0.3) is 0 Å². The molecule has 0 aliphatic rings. The summed E-state index contributed by atoms with van der Waals surface area (Å²) in [6, 6.07) is 5.17. The first-order valence-electron chi connectivity index (χ1n) is 5.15. The van der Waals surface area contributed by atoms with Crippen LogP contribution in [0.25, 0.3) is 0 Å². The summed E-state index contributed by atoms with van der Waals surface area (Å²) < 4.78 is 0. The number of carboxylic acids is 1. The molecule has 0 spiro atoms. The van der Waals surface area contributed by atoms with Crippen molar-refractivity contribution in [2.45, 2.75) is 19.9 Å². The van der Waals surface area contributed by atoms with Crippen molar-refractivity contribution in [3.63, 3.8) is 0 Å². The highest BCUT2D eigenvalue weighted by atomic mass is 16.4. The third-order valence-corrected chi connectivity index (χ3v) is 2.77. The molecule has 4 nitrogen and oxygen atoms in total. The molecule has 4 heteroatoms. The van der Waals surface area contributed by atoms with Crippen molar-refractivity contribution < 1.29 is 15.0 Å². The summed E-state index contributed by atoms with van der Waals surface area (Å²) in [5.41, 5.74) is 1.94. The van der Waals surface area contributed by atoms with Gasteiger partial charge in [0.1, 0.15) is 0 Å². The first-order chi connectivity index (χ1) is 7.47. The van der Waals surface area contributed by atoms with Crippen LogP contribution in [0.2, 0.25) is 0 Å². The average Bonchev–Trinajstić information content (AvgIpc) is 2.26. The van der Waals surface area contributed by atoms with E-state index >= 15 is 0 Å². The van der Waals surface area contributed by atoms with E-state index in [2.05, 4.69) is 0 Å². The Kier molecular flexibility index (Phi) is 3.90. The Morgan fingerprint density at radius 3 is 2.56 bits per heavy atom. The summed E-state index contributed by atoms with van der Waals surface area (Å²) >= 11 is 0. The fourth-order valence-electron chi connectivity index (χ4n) is 1.48.